The summed E-state index contributed by atoms with van der Waals surface area (Å²) < 4.78 is 0. The Kier molecular flexibility index (Phi) is 11.8. The Morgan fingerprint density at radius 3 is 0.661 bits per heavy atom. The zero-order chi connectivity index (χ0) is 42.1. The van der Waals surface area contributed by atoms with Crippen LogP contribution in [0, 0.1) is 0 Å². The Morgan fingerprint density at radius 2 is 0.435 bits per heavy atom. The number of benzene rings is 7. The molecule has 0 bridgehead atoms. The molecule has 3 heteroatoms. The second kappa shape index (κ2) is 18.5. The lowest BCUT2D eigenvalue weighted by Crippen LogP contribution is -1.93. The highest BCUT2D eigenvalue weighted by molar-refractivity contribution is 5.94. The second-order valence-electron chi connectivity index (χ2n) is 14.8. The van der Waals surface area contributed by atoms with Gasteiger partial charge in [-0.3, -0.25) is 15.0 Å². The smallest absolute Gasteiger partial charge is 0.0702 e. The van der Waals surface area contributed by atoms with Crippen LogP contribution < -0.4 is 0 Å². The molecular weight excluding hydrogens is 751 g/mol. The van der Waals surface area contributed by atoms with Crippen molar-refractivity contribution in [3.05, 3.63) is 237 Å². The molecule has 0 fully saturated rings. The summed E-state index contributed by atoms with van der Waals surface area (Å²) in [5, 5.41) is 0. The number of nitrogens with zero attached hydrogens (tertiary/aromatic N) is 3. The number of hydrogen-bond donors (Lipinski definition) is 0. The van der Waals surface area contributed by atoms with E-state index in [9.17, 15) is 0 Å². The van der Waals surface area contributed by atoms with Gasteiger partial charge in [0, 0.05) is 52.0 Å². The molecular formula is C59H45N3. The van der Waals surface area contributed by atoms with Crippen molar-refractivity contribution in [2.75, 3.05) is 0 Å². The molecule has 0 N–H and O–H groups in total. The minimum atomic E-state index is 0.951. The van der Waals surface area contributed by atoms with Gasteiger partial charge in [-0.1, -0.05) is 196 Å². The molecule has 0 aliphatic carbocycles. The van der Waals surface area contributed by atoms with Crippen molar-refractivity contribution in [1.29, 1.82) is 0 Å². The second-order valence-corrected chi connectivity index (χ2v) is 14.8. The maximum atomic E-state index is 4.92. The molecule has 3 heterocycles. The molecule has 0 spiro atoms. The highest BCUT2D eigenvalue weighted by Crippen LogP contribution is 2.42. The average molecular weight is 796 g/mol. The zero-order valence-corrected chi connectivity index (χ0v) is 34.9. The lowest BCUT2D eigenvalue weighted by molar-refractivity contribution is 1.32. The van der Waals surface area contributed by atoms with Gasteiger partial charge >= 0.3 is 0 Å². The predicted molar refractivity (Wildman–Crippen MR) is 260 cm³/mol. The summed E-state index contributed by atoms with van der Waals surface area (Å²) in [7, 11) is 0. The third kappa shape index (κ3) is 8.38. The molecule has 0 unspecified atom stereocenters. The van der Waals surface area contributed by atoms with Gasteiger partial charge in [0.2, 0.25) is 0 Å². The van der Waals surface area contributed by atoms with E-state index in [1.165, 1.54) is 0 Å². The number of hydrogen-bond acceptors (Lipinski definition) is 3. The topological polar surface area (TPSA) is 38.7 Å². The molecule has 7 aromatic carbocycles. The van der Waals surface area contributed by atoms with E-state index >= 15 is 0 Å². The van der Waals surface area contributed by atoms with Crippen LogP contribution in [0.3, 0.4) is 0 Å². The Morgan fingerprint density at radius 1 is 0.210 bits per heavy atom. The van der Waals surface area contributed by atoms with E-state index in [1.807, 2.05) is 87.0 Å². The van der Waals surface area contributed by atoms with Gasteiger partial charge in [0.1, 0.15) is 0 Å². The zero-order valence-electron chi connectivity index (χ0n) is 34.9. The maximum Gasteiger partial charge on any atom is 0.0702 e. The summed E-state index contributed by atoms with van der Waals surface area (Å²) in [4.78, 5) is 14.8. The third-order valence-electron chi connectivity index (χ3n) is 11.1. The highest BCUT2D eigenvalue weighted by atomic mass is 14.7. The van der Waals surface area contributed by atoms with Crippen molar-refractivity contribution in [2.24, 2.45) is 0 Å². The van der Waals surface area contributed by atoms with E-state index in [0.29, 0.717) is 0 Å². The van der Waals surface area contributed by atoms with Gasteiger partial charge in [-0.15, -0.1) is 0 Å². The van der Waals surface area contributed by atoms with Crippen molar-refractivity contribution in [3.63, 3.8) is 0 Å². The number of aromatic nitrogens is 3. The SMILES string of the molecule is CC.c1ccc(-c2ccc(-c3ccccc3-c3cc(-c4ccccc4-c4ccc(-c5ccccc5)nc4)cc(-c4ccccc4-c4ccc(-c5ccccc5)nc4)c3)cn2)cc1. The molecule has 0 radical (unpaired) electrons. The summed E-state index contributed by atoms with van der Waals surface area (Å²) in [6.07, 6.45) is 5.98. The summed E-state index contributed by atoms with van der Waals surface area (Å²) in [6, 6.07) is 76.8. The fourth-order valence-electron chi connectivity index (χ4n) is 8.05. The highest BCUT2D eigenvalue weighted by Gasteiger charge is 2.17. The summed E-state index contributed by atoms with van der Waals surface area (Å²) in [5.74, 6) is 0. The first kappa shape index (κ1) is 39.5. The fraction of sp³-hybridized carbons (Fsp3) is 0.0339. The Labute approximate surface area is 364 Å². The van der Waals surface area contributed by atoms with Gasteiger partial charge in [-0.05, 0) is 86.5 Å². The first-order valence-electron chi connectivity index (χ1n) is 21.2. The molecule has 0 saturated heterocycles. The van der Waals surface area contributed by atoms with E-state index in [0.717, 1.165) is 101 Å². The monoisotopic (exact) mass is 795 g/mol. The summed E-state index contributed by atoms with van der Waals surface area (Å²) >= 11 is 0. The van der Waals surface area contributed by atoms with E-state index in [1.54, 1.807) is 0 Å². The lowest BCUT2D eigenvalue weighted by atomic mass is 9.86. The van der Waals surface area contributed by atoms with E-state index < -0.39 is 0 Å². The van der Waals surface area contributed by atoms with Gasteiger partial charge < -0.3 is 0 Å². The molecule has 0 aliphatic rings. The number of rotatable bonds is 9. The van der Waals surface area contributed by atoms with Crippen molar-refractivity contribution in [1.82, 2.24) is 15.0 Å². The van der Waals surface area contributed by atoms with Crippen molar-refractivity contribution in [2.45, 2.75) is 13.8 Å². The van der Waals surface area contributed by atoms with Crippen molar-refractivity contribution < 1.29 is 0 Å². The third-order valence-corrected chi connectivity index (χ3v) is 11.1. The van der Waals surface area contributed by atoms with Gasteiger partial charge in [0.25, 0.3) is 0 Å². The summed E-state index contributed by atoms with van der Waals surface area (Å²) in [6.45, 7) is 4.00. The molecule has 10 rings (SSSR count). The van der Waals surface area contributed by atoms with Gasteiger partial charge in [0.05, 0.1) is 17.1 Å². The molecule has 62 heavy (non-hydrogen) atoms. The van der Waals surface area contributed by atoms with Crippen LogP contribution in [0.2, 0.25) is 0 Å². The van der Waals surface area contributed by atoms with Crippen LogP contribution in [0.1, 0.15) is 13.8 Å². The lowest BCUT2D eigenvalue weighted by Gasteiger charge is -2.18. The molecule has 296 valence electrons. The average Bonchev–Trinajstić information content (AvgIpc) is 3.38. The number of pyridine rings is 3. The van der Waals surface area contributed by atoms with Crippen LogP contribution in [-0.2, 0) is 0 Å². The van der Waals surface area contributed by atoms with Crippen LogP contribution in [0.4, 0.5) is 0 Å². The largest absolute Gasteiger partial charge is 0.256 e. The van der Waals surface area contributed by atoms with E-state index in [4.69, 9.17) is 15.0 Å². The molecule has 0 atom stereocenters. The Hall–Kier alpha value is -8.01. The van der Waals surface area contributed by atoms with Gasteiger partial charge in [-0.25, -0.2) is 0 Å². The molecule has 0 saturated carbocycles. The van der Waals surface area contributed by atoms with Crippen LogP contribution in [-0.4, -0.2) is 15.0 Å². The van der Waals surface area contributed by atoms with Crippen LogP contribution >= 0.6 is 0 Å². The van der Waals surface area contributed by atoms with Crippen LogP contribution in [0.25, 0.3) is 101 Å². The predicted octanol–water partition coefficient (Wildman–Crippen LogP) is 15.9. The molecule has 0 amide bonds. The molecule has 3 nitrogen and oxygen atoms in total. The minimum Gasteiger partial charge on any atom is -0.256 e. The quantitative estimate of drug-likeness (QED) is 0.146. The maximum absolute atomic E-state index is 4.92. The Bertz CT molecular complexity index is 2690. The molecule has 0 aliphatic heterocycles. The van der Waals surface area contributed by atoms with Crippen molar-refractivity contribution in [3.8, 4) is 101 Å². The molecule has 10 aromatic rings. The minimum absolute atomic E-state index is 0.951. The van der Waals surface area contributed by atoms with Crippen molar-refractivity contribution >= 4 is 0 Å². The first-order valence-corrected chi connectivity index (χ1v) is 21.2. The first-order chi connectivity index (χ1) is 30.7. The van der Waals surface area contributed by atoms with Gasteiger partial charge in [0.15, 0.2) is 0 Å². The fourth-order valence-corrected chi connectivity index (χ4v) is 8.05. The van der Waals surface area contributed by atoms with Crippen LogP contribution in [0.15, 0.2) is 237 Å². The standard InChI is InChI=1S/C57H39N3.C2H6/c1-4-16-40(17-5-1)55-31-28-43(37-58-55)49-22-10-13-25-52(49)46-34-47(53-26-14-11-23-50(53)44-29-32-56(59-38-44)41-18-6-2-7-19-41)36-48(35-46)54-27-15-12-24-51(54)45-30-33-57(60-39-45)42-20-8-3-9-21-42;1-2/h1-39H;1-2H3. The Balaban J connectivity index is 0.00000242. The molecule has 3 aromatic heterocycles. The van der Waals surface area contributed by atoms with E-state index in [2.05, 4.69) is 164 Å². The van der Waals surface area contributed by atoms with Crippen LogP contribution in [0.5, 0.6) is 0 Å². The normalized spacial score (nSPS) is 10.7. The summed E-state index contributed by atoms with van der Waals surface area (Å²) in [5.41, 5.74) is 19.4. The van der Waals surface area contributed by atoms with Gasteiger partial charge in [-0.2, -0.15) is 0 Å². The van der Waals surface area contributed by atoms with E-state index in [-0.39, 0.29) is 0 Å².